The van der Waals surface area contributed by atoms with Crippen LogP contribution in [0.15, 0.2) is 24.7 Å². The molecule has 0 aliphatic carbocycles. The minimum Gasteiger partial charge on any atom is -0.307 e. The lowest BCUT2D eigenvalue weighted by Crippen LogP contribution is -2.33. The molecule has 0 radical (unpaired) electrons. The summed E-state index contributed by atoms with van der Waals surface area (Å²) < 4.78 is 1.99. The van der Waals surface area contributed by atoms with Gasteiger partial charge in [-0.1, -0.05) is 20.8 Å². The van der Waals surface area contributed by atoms with Crippen molar-refractivity contribution in [3.05, 3.63) is 34.5 Å². The predicted octanol–water partition coefficient (Wildman–Crippen LogP) is 3.38. The van der Waals surface area contributed by atoms with Crippen molar-refractivity contribution in [1.29, 1.82) is 0 Å². The van der Waals surface area contributed by atoms with Gasteiger partial charge in [0.05, 0.1) is 11.0 Å². The van der Waals surface area contributed by atoms with Crippen LogP contribution < -0.4 is 5.32 Å². The number of rotatable bonds is 5. The highest BCUT2D eigenvalue weighted by molar-refractivity contribution is 7.11. The number of aromatic nitrogens is 3. The van der Waals surface area contributed by atoms with Crippen molar-refractivity contribution in [2.24, 2.45) is 0 Å². The van der Waals surface area contributed by atoms with Crippen LogP contribution in [0.1, 0.15) is 50.5 Å². The molecule has 0 spiro atoms. The molecule has 2 rings (SSSR count). The fraction of sp³-hybridized carbons (Fsp3) is 0.600. The summed E-state index contributed by atoms with van der Waals surface area (Å²) in [6.45, 7) is 11.8. The molecule has 0 saturated heterocycles. The summed E-state index contributed by atoms with van der Waals surface area (Å²) >= 11 is 1.79. The first-order valence-electron chi connectivity index (χ1n) is 7.05. The van der Waals surface area contributed by atoms with E-state index < -0.39 is 0 Å². The highest BCUT2D eigenvalue weighted by atomic mass is 32.1. The molecule has 0 aliphatic heterocycles. The van der Waals surface area contributed by atoms with Gasteiger partial charge in [0.25, 0.3) is 0 Å². The van der Waals surface area contributed by atoms with Gasteiger partial charge in [-0.2, -0.15) is 5.10 Å². The molecule has 2 aromatic rings. The van der Waals surface area contributed by atoms with Crippen molar-refractivity contribution in [2.75, 3.05) is 0 Å². The van der Waals surface area contributed by atoms with E-state index in [4.69, 9.17) is 0 Å². The quantitative estimate of drug-likeness (QED) is 0.918. The largest absolute Gasteiger partial charge is 0.307 e. The van der Waals surface area contributed by atoms with E-state index in [1.54, 1.807) is 11.3 Å². The average molecular weight is 292 g/mol. The van der Waals surface area contributed by atoms with Gasteiger partial charge < -0.3 is 5.32 Å². The lowest BCUT2D eigenvalue weighted by Gasteiger charge is -2.21. The first kappa shape index (κ1) is 15.2. The summed E-state index contributed by atoms with van der Waals surface area (Å²) in [6, 6.07) is 2.65. The Bertz CT molecular complexity index is 524. The third-order valence-corrected chi connectivity index (χ3v) is 4.88. The Hall–Kier alpha value is -1.20. The second-order valence-electron chi connectivity index (χ2n) is 6.28. The van der Waals surface area contributed by atoms with Crippen LogP contribution in [-0.4, -0.2) is 20.8 Å². The maximum Gasteiger partial charge on any atom is 0.0981 e. The third kappa shape index (κ3) is 3.67. The zero-order chi connectivity index (χ0) is 14.8. The Labute approximate surface area is 125 Å². The molecule has 2 unspecified atom stereocenters. The SMILES string of the molecule is CC(NCc1cnc(C(C)(C)C)s1)C(C)n1cccn1. The summed E-state index contributed by atoms with van der Waals surface area (Å²) in [5.74, 6) is 0. The van der Waals surface area contributed by atoms with Gasteiger partial charge in [0.15, 0.2) is 0 Å². The molecule has 5 heteroatoms. The minimum absolute atomic E-state index is 0.136. The molecule has 4 nitrogen and oxygen atoms in total. The predicted molar refractivity (Wildman–Crippen MR) is 84.1 cm³/mol. The monoisotopic (exact) mass is 292 g/mol. The van der Waals surface area contributed by atoms with Crippen molar-refractivity contribution in [1.82, 2.24) is 20.1 Å². The molecule has 0 amide bonds. The van der Waals surface area contributed by atoms with Crippen LogP contribution >= 0.6 is 11.3 Å². The zero-order valence-corrected chi connectivity index (χ0v) is 13.7. The molecule has 110 valence electrons. The van der Waals surface area contributed by atoms with Gasteiger partial charge in [0, 0.05) is 41.5 Å². The fourth-order valence-corrected chi connectivity index (χ4v) is 2.84. The molecule has 0 saturated carbocycles. The Kier molecular flexibility index (Phi) is 4.60. The second-order valence-corrected chi connectivity index (χ2v) is 7.39. The van der Waals surface area contributed by atoms with Gasteiger partial charge in [-0.05, 0) is 19.9 Å². The van der Waals surface area contributed by atoms with Crippen LogP contribution in [0.2, 0.25) is 0 Å². The van der Waals surface area contributed by atoms with E-state index in [9.17, 15) is 0 Å². The van der Waals surface area contributed by atoms with Crippen LogP contribution in [-0.2, 0) is 12.0 Å². The smallest absolute Gasteiger partial charge is 0.0981 e. The number of hydrogen-bond donors (Lipinski definition) is 1. The summed E-state index contributed by atoms with van der Waals surface area (Å²) in [4.78, 5) is 5.81. The summed E-state index contributed by atoms with van der Waals surface area (Å²) in [5.41, 5.74) is 0.136. The van der Waals surface area contributed by atoms with E-state index in [1.807, 2.05) is 29.3 Å². The molecule has 0 aromatic carbocycles. The Morgan fingerprint density at radius 2 is 2.10 bits per heavy atom. The van der Waals surface area contributed by atoms with Crippen LogP contribution in [0.4, 0.5) is 0 Å². The maximum absolute atomic E-state index is 4.52. The average Bonchev–Trinajstić information content (AvgIpc) is 3.04. The van der Waals surface area contributed by atoms with Crippen molar-refractivity contribution >= 4 is 11.3 Å². The lowest BCUT2D eigenvalue weighted by molar-refractivity contribution is 0.366. The van der Waals surface area contributed by atoms with Crippen molar-refractivity contribution in [3.63, 3.8) is 0 Å². The Balaban J connectivity index is 1.90. The van der Waals surface area contributed by atoms with E-state index in [-0.39, 0.29) is 5.41 Å². The fourth-order valence-electron chi connectivity index (χ4n) is 1.92. The molecule has 2 aromatic heterocycles. The molecule has 1 N–H and O–H groups in total. The van der Waals surface area contributed by atoms with Gasteiger partial charge in [-0.25, -0.2) is 4.98 Å². The molecule has 0 aliphatic rings. The number of hydrogen-bond acceptors (Lipinski definition) is 4. The second kappa shape index (κ2) is 6.06. The van der Waals surface area contributed by atoms with Crippen molar-refractivity contribution in [2.45, 2.75) is 58.7 Å². The highest BCUT2D eigenvalue weighted by Crippen LogP contribution is 2.26. The highest BCUT2D eigenvalue weighted by Gasteiger charge is 2.19. The van der Waals surface area contributed by atoms with Gasteiger partial charge in [-0.15, -0.1) is 11.3 Å². The first-order valence-corrected chi connectivity index (χ1v) is 7.87. The summed E-state index contributed by atoms with van der Waals surface area (Å²) in [5, 5.41) is 9.05. The van der Waals surface area contributed by atoms with Gasteiger partial charge in [-0.3, -0.25) is 4.68 Å². The summed E-state index contributed by atoms with van der Waals surface area (Å²) in [6.07, 6.45) is 5.82. The maximum atomic E-state index is 4.52. The topological polar surface area (TPSA) is 42.7 Å². The molecular formula is C15H24N4S. The molecule has 0 fully saturated rings. The van der Waals surface area contributed by atoms with E-state index in [2.05, 4.69) is 50.0 Å². The number of thiazole rings is 1. The molecule has 20 heavy (non-hydrogen) atoms. The van der Waals surface area contributed by atoms with E-state index in [0.717, 1.165) is 6.54 Å². The molecule has 0 bridgehead atoms. The van der Waals surface area contributed by atoms with Gasteiger partial charge in [0.1, 0.15) is 0 Å². The van der Waals surface area contributed by atoms with Crippen LogP contribution in [0.3, 0.4) is 0 Å². The molecule has 2 atom stereocenters. The molecular weight excluding hydrogens is 268 g/mol. The number of nitrogens with one attached hydrogen (secondary N) is 1. The number of nitrogens with zero attached hydrogens (tertiary/aromatic N) is 3. The van der Waals surface area contributed by atoms with Crippen molar-refractivity contribution < 1.29 is 0 Å². The lowest BCUT2D eigenvalue weighted by atomic mass is 9.98. The third-order valence-electron chi connectivity index (χ3n) is 3.46. The first-order chi connectivity index (χ1) is 9.38. The minimum atomic E-state index is 0.136. The zero-order valence-electron chi connectivity index (χ0n) is 12.9. The summed E-state index contributed by atoms with van der Waals surface area (Å²) in [7, 11) is 0. The van der Waals surface area contributed by atoms with Crippen molar-refractivity contribution in [3.8, 4) is 0 Å². The van der Waals surface area contributed by atoms with Crippen LogP contribution in [0, 0.1) is 0 Å². The normalized spacial score (nSPS) is 15.2. The van der Waals surface area contributed by atoms with E-state index >= 15 is 0 Å². The van der Waals surface area contributed by atoms with Crippen LogP contribution in [0.5, 0.6) is 0 Å². The van der Waals surface area contributed by atoms with Gasteiger partial charge in [0.2, 0.25) is 0 Å². The van der Waals surface area contributed by atoms with Gasteiger partial charge >= 0.3 is 0 Å². The van der Waals surface area contributed by atoms with E-state index in [0.29, 0.717) is 12.1 Å². The van der Waals surface area contributed by atoms with Crippen LogP contribution in [0.25, 0.3) is 0 Å². The molecule has 2 heterocycles. The van der Waals surface area contributed by atoms with E-state index in [1.165, 1.54) is 9.88 Å². The Morgan fingerprint density at radius 1 is 1.35 bits per heavy atom. The Morgan fingerprint density at radius 3 is 2.65 bits per heavy atom. The standard InChI is InChI=1S/C15H24N4S/c1-11(12(2)19-8-6-7-18-19)16-9-13-10-17-14(20-13)15(3,4)5/h6-8,10-12,16H,9H2,1-5H3.